The molecule has 1 aromatic carbocycles. The number of carboxylic acid groups (broad SMARTS) is 1. The highest BCUT2D eigenvalue weighted by molar-refractivity contribution is 5.92. The average Bonchev–Trinajstić information content (AvgIpc) is 2.69. The SMILES string of the molecule is CN=Nc1c(C(=O)O)nn(-c2ccccc2)c1O. The zero-order valence-electron chi connectivity index (χ0n) is 9.48. The fraction of sp³-hybridized carbons (Fsp3) is 0.0909. The van der Waals surface area contributed by atoms with Gasteiger partial charge in [0.2, 0.25) is 11.6 Å². The van der Waals surface area contributed by atoms with Crippen LogP contribution in [-0.4, -0.2) is 33.0 Å². The lowest BCUT2D eigenvalue weighted by atomic mass is 10.3. The number of rotatable bonds is 3. The van der Waals surface area contributed by atoms with Gasteiger partial charge in [0.1, 0.15) is 0 Å². The fourth-order valence-electron chi connectivity index (χ4n) is 1.49. The number of carboxylic acids is 1. The number of azo groups is 1. The van der Waals surface area contributed by atoms with E-state index >= 15 is 0 Å². The molecule has 0 atom stereocenters. The number of aromatic nitrogens is 2. The smallest absolute Gasteiger partial charge is 0.358 e. The Balaban J connectivity index is 2.64. The lowest BCUT2D eigenvalue weighted by molar-refractivity contribution is 0.0691. The molecule has 2 aromatic rings. The van der Waals surface area contributed by atoms with E-state index in [1.807, 2.05) is 0 Å². The molecule has 0 fully saturated rings. The van der Waals surface area contributed by atoms with Crippen LogP contribution in [0.1, 0.15) is 10.5 Å². The number of benzene rings is 1. The van der Waals surface area contributed by atoms with Gasteiger partial charge in [0.25, 0.3) is 0 Å². The van der Waals surface area contributed by atoms with E-state index < -0.39 is 5.97 Å². The Bertz CT molecular complexity index is 604. The average molecular weight is 246 g/mol. The number of aromatic hydroxyl groups is 1. The van der Waals surface area contributed by atoms with Crippen molar-refractivity contribution >= 4 is 11.7 Å². The van der Waals surface area contributed by atoms with E-state index in [4.69, 9.17) is 5.11 Å². The van der Waals surface area contributed by atoms with Crippen LogP contribution in [0.25, 0.3) is 5.69 Å². The molecule has 18 heavy (non-hydrogen) atoms. The molecule has 0 unspecified atom stereocenters. The lowest BCUT2D eigenvalue weighted by Crippen LogP contribution is -2.01. The van der Waals surface area contributed by atoms with E-state index in [2.05, 4.69) is 15.3 Å². The minimum absolute atomic E-state index is 0.158. The van der Waals surface area contributed by atoms with Crippen LogP contribution in [0.2, 0.25) is 0 Å². The molecule has 0 saturated carbocycles. The second kappa shape index (κ2) is 4.66. The summed E-state index contributed by atoms with van der Waals surface area (Å²) in [6.07, 6.45) is 0. The number of nitrogens with zero attached hydrogens (tertiary/aromatic N) is 4. The zero-order valence-corrected chi connectivity index (χ0v) is 9.48. The lowest BCUT2D eigenvalue weighted by Gasteiger charge is -2.01. The van der Waals surface area contributed by atoms with Crippen LogP contribution in [-0.2, 0) is 0 Å². The topological polar surface area (TPSA) is 100 Å². The second-order valence-electron chi connectivity index (χ2n) is 3.37. The molecule has 0 aliphatic rings. The molecular weight excluding hydrogens is 236 g/mol. The van der Waals surface area contributed by atoms with Crippen LogP contribution >= 0.6 is 0 Å². The minimum atomic E-state index is -1.28. The van der Waals surface area contributed by atoms with E-state index in [0.29, 0.717) is 5.69 Å². The van der Waals surface area contributed by atoms with Crippen molar-refractivity contribution in [2.45, 2.75) is 0 Å². The van der Waals surface area contributed by atoms with Gasteiger partial charge in [-0.15, -0.1) is 5.11 Å². The molecular formula is C11H10N4O3. The Labute approximate surface area is 102 Å². The predicted octanol–water partition coefficient (Wildman–Crippen LogP) is 1.99. The third kappa shape index (κ3) is 1.93. The van der Waals surface area contributed by atoms with Gasteiger partial charge < -0.3 is 10.2 Å². The van der Waals surface area contributed by atoms with Gasteiger partial charge in [0.15, 0.2) is 5.69 Å². The normalized spacial score (nSPS) is 10.9. The molecule has 1 aromatic heterocycles. The molecule has 2 N–H and O–H groups in total. The van der Waals surface area contributed by atoms with Crippen molar-refractivity contribution < 1.29 is 15.0 Å². The maximum atomic E-state index is 11.0. The quantitative estimate of drug-likeness (QED) is 0.808. The van der Waals surface area contributed by atoms with Crippen molar-refractivity contribution in [1.29, 1.82) is 0 Å². The Morgan fingerprint density at radius 2 is 2.00 bits per heavy atom. The fourth-order valence-corrected chi connectivity index (χ4v) is 1.49. The van der Waals surface area contributed by atoms with E-state index in [0.717, 1.165) is 4.68 Å². The van der Waals surface area contributed by atoms with Crippen LogP contribution in [0, 0.1) is 0 Å². The second-order valence-corrected chi connectivity index (χ2v) is 3.37. The predicted molar refractivity (Wildman–Crippen MR) is 62.6 cm³/mol. The summed E-state index contributed by atoms with van der Waals surface area (Å²) in [5.41, 5.74) is 0.0332. The van der Waals surface area contributed by atoms with E-state index in [1.54, 1.807) is 30.3 Å². The molecule has 0 radical (unpaired) electrons. The largest absolute Gasteiger partial charge is 0.492 e. The first kappa shape index (κ1) is 11.8. The first-order valence-electron chi connectivity index (χ1n) is 5.05. The van der Waals surface area contributed by atoms with Crippen molar-refractivity contribution in [3.8, 4) is 11.6 Å². The van der Waals surface area contributed by atoms with Crippen LogP contribution < -0.4 is 0 Å². The Morgan fingerprint density at radius 3 is 2.56 bits per heavy atom. The Kier molecular flexibility index (Phi) is 3.05. The number of hydrogen-bond acceptors (Lipinski definition) is 5. The van der Waals surface area contributed by atoms with Gasteiger partial charge in [0, 0.05) is 7.05 Å². The van der Waals surface area contributed by atoms with Gasteiger partial charge in [-0.1, -0.05) is 18.2 Å². The monoisotopic (exact) mass is 246 g/mol. The summed E-state index contributed by atoms with van der Waals surface area (Å²) in [7, 11) is 1.38. The molecule has 2 rings (SSSR count). The zero-order chi connectivity index (χ0) is 13.1. The standard InChI is InChI=1S/C11H10N4O3/c1-12-13-8-9(11(17)18)14-15(10(8)16)7-5-3-2-4-6-7/h2-6,16H,1H3,(H,17,18). The van der Waals surface area contributed by atoms with E-state index in [1.165, 1.54) is 7.05 Å². The summed E-state index contributed by atoms with van der Waals surface area (Å²) in [6.45, 7) is 0. The third-order valence-electron chi connectivity index (χ3n) is 2.24. The Morgan fingerprint density at radius 1 is 1.33 bits per heavy atom. The highest BCUT2D eigenvalue weighted by atomic mass is 16.4. The van der Waals surface area contributed by atoms with Crippen LogP contribution in [0.5, 0.6) is 5.88 Å². The highest BCUT2D eigenvalue weighted by Crippen LogP contribution is 2.32. The minimum Gasteiger partial charge on any atom is -0.492 e. The highest BCUT2D eigenvalue weighted by Gasteiger charge is 2.23. The molecule has 1 heterocycles. The van der Waals surface area contributed by atoms with Crippen LogP contribution in [0.4, 0.5) is 5.69 Å². The number of para-hydroxylation sites is 1. The van der Waals surface area contributed by atoms with Crippen molar-refractivity contribution in [1.82, 2.24) is 9.78 Å². The summed E-state index contributed by atoms with van der Waals surface area (Å²) in [6, 6.07) is 8.67. The molecule has 0 aliphatic heterocycles. The van der Waals surface area contributed by atoms with Gasteiger partial charge in [-0.3, -0.25) is 0 Å². The van der Waals surface area contributed by atoms with E-state index in [9.17, 15) is 9.90 Å². The van der Waals surface area contributed by atoms with Crippen molar-refractivity contribution in [3.05, 3.63) is 36.0 Å². The van der Waals surface area contributed by atoms with Gasteiger partial charge >= 0.3 is 5.97 Å². The van der Waals surface area contributed by atoms with Gasteiger partial charge in [-0.05, 0) is 12.1 Å². The van der Waals surface area contributed by atoms with Crippen LogP contribution in [0.15, 0.2) is 40.6 Å². The molecule has 0 bridgehead atoms. The molecule has 92 valence electrons. The number of aromatic carboxylic acids is 1. The maximum Gasteiger partial charge on any atom is 0.358 e. The van der Waals surface area contributed by atoms with E-state index in [-0.39, 0.29) is 17.3 Å². The number of hydrogen-bond donors (Lipinski definition) is 2. The first-order valence-corrected chi connectivity index (χ1v) is 5.05. The maximum absolute atomic E-state index is 11.0. The summed E-state index contributed by atoms with van der Waals surface area (Å²) in [5, 5.41) is 29.8. The summed E-state index contributed by atoms with van der Waals surface area (Å²) < 4.78 is 1.10. The molecule has 0 amide bonds. The van der Waals surface area contributed by atoms with Crippen LogP contribution in [0.3, 0.4) is 0 Å². The molecule has 7 heteroatoms. The third-order valence-corrected chi connectivity index (χ3v) is 2.24. The summed E-state index contributed by atoms with van der Waals surface area (Å²) >= 11 is 0. The molecule has 0 spiro atoms. The Hall–Kier alpha value is -2.70. The van der Waals surface area contributed by atoms with Crippen molar-refractivity contribution in [2.75, 3.05) is 7.05 Å². The summed E-state index contributed by atoms with van der Waals surface area (Å²) in [5.74, 6) is -1.63. The van der Waals surface area contributed by atoms with Gasteiger partial charge in [-0.25, -0.2) is 4.79 Å². The van der Waals surface area contributed by atoms with Gasteiger partial charge in [-0.2, -0.15) is 14.9 Å². The number of carbonyl (C=O) groups is 1. The molecule has 0 aliphatic carbocycles. The molecule has 0 saturated heterocycles. The van der Waals surface area contributed by atoms with Gasteiger partial charge in [0.05, 0.1) is 5.69 Å². The summed E-state index contributed by atoms with van der Waals surface area (Å²) in [4.78, 5) is 11.0. The first-order chi connectivity index (χ1) is 8.65. The van der Waals surface area contributed by atoms with Crippen molar-refractivity contribution in [3.63, 3.8) is 0 Å². The van der Waals surface area contributed by atoms with Crippen molar-refractivity contribution in [2.24, 2.45) is 10.2 Å². The molecule has 7 nitrogen and oxygen atoms in total.